The molecule has 0 saturated heterocycles. The molecule has 1 amide bonds. The maximum Gasteiger partial charge on any atom is 0.207 e. The number of benzene rings is 1. The molecule has 0 bridgehead atoms. The number of rotatable bonds is 5. The maximum absolute atomic E-state index is 11.4. The first-order chi connectivity index (χ1) is 8.22. The second kappa shape index (κ2) is 4.82. The van der Waals surface area contributed by atoms with Crippen molar-refractivity contribution in [3.05, 3.63) is 36.0 Å². The second-order valence-corrected chi connectivity index (χ2v) is 4.01. The number of hydrogen-bond donors (Lipinski definition) is 2. The number of H-pyrrole nitrogens is 1. The van der Waals surface area contributed by atoms with Crippen LogP contribution in [0.25, 0.3) is 10.9 Å². The molecule has 0 spiro atoms. The average Bonchev–Trinajstić information content (AvgIpc) is 2.72. The molecule has 0 aliphatic heterocycles. The van der Waals surface area contributed by atoms with Gasteiger partial charge in [-0.15, -0.1) is 0 Å². The molecule has 0 fully saturated rings. The number of nitrogens with one attached hydrogen (secondary N) is 2. The summed E-state index contributed by atoms with van der Waals surface area (Å²) < 4.78 is 0. The van der Waals surface area contributed by atoms with Gasteiger partial charge in [-0.25, -0.2) is 0 Å². The van der Waals surface area contributed by atoms with Gasteiger partial charge in [0, 0.05) is 23.5 Å². The van der Waals surface area contributed by atoms with Crippen molar-refractivity contribution in [1.29, 1.82) is 0 Å². The molecule has 0 aliphatic rings. The summed E-state index contributed by atoms with van der Waals surface area (Å²) in [5, 5.41) is 3.63. The molecule has 1 aromatic heterocycles. The van der Waals surface area contributed by atoms with Crippen molar-refractivity contribution in [2.75, 3.05) is 0 Å². The number of aromatic amines is 1. The zero-order chi connectivity index (χ0) is 12.3. The van der Waals surface area contributed by atoms with Crippen LogP contribution < -0.4 is 5.32 Å². The number of carbonyl (C=O) groups excluding carboxylic acids is 2. The molecule has 17 heavy (non-hydrogen) atoms. The highest BCUT2D eigenvalue weighted by Gasteiger charge is 2.15. The number of aromatic nitrogens is 1. The number of carbonyl (C=O) groups is 2. The molecule has 0 radical (unpaired) electrons. The lowest BCUT2D eigenvalue weighted by Crippen LogP contribution is -2.36. The van der Waals surface area contributed by atoms with Crippen LogP contribution in [0.15, 0.2) is 30.5 Å². The summed E-state index contributed by atoms with van der Waals surface area (Å²) in [6.07, 6.45) is 2.96. The van der Waals surface area contributed by atoms with Gasteiger partial charge in [-0.3, -0.25) is 9.59 Å². The van der Waals surface area contributed by atoms with Gasteiger partial charge in [-0.2, -0.15) is 0 Å². The van der Waals surface area contributed by atoms with Gasteiger partial charge in [0.15, 0.2) is 5.78 Å². The summed E-state index contributed by atoms with van der Waals surface area (Å²) in [6, 6.07) is 7.44. The third kappa shape index (κ3) is 2.36. The van der Waals surface area contributed by atoms with Crippen LogP contribution in [0.3, 0.4) is 0 Å². The Morgan fingerprint density at radius 3 is 2.94 bits per heavy atom. The average molecular weight is 230 g/mol. The minimum Gasteiger partial charge on any atom is -0.361 e. The number of fused-ring (bicyclic) bond motifs is 1. The molecule has 1 aromatic carbocycles. The SMILES string of the molecule is CC(=O)C(Cc1c[nH]c2ccccc12)NC=O. The fourth-order valence-electron chi connectivity index (χ4n) is 1.92. The number of para-hydroxylation sites is 1. The van der Waals surface area contributed by atoms with Gasteiger partial charge in [0.25, 0.3) is 0 Å². The summed E-state index contributed by atoms with van der Waals surface area (Å²) in [5.41, 5.74) is 2.08. The Kier molecular flexibility index (Phi) is 3.23. The Hall–Kier alpha value is -2.10. The Labute approximate surface area is 99.0 Å². The zero-order valence-corrected chi connectivity index (χ0v) is 9.57. The summed E-state index contributed by atoms with van der Waals surface area (Å²) >= 11 is 0. The highest BCUT2D eigenvalue weighted by Crippen LogP contribution is 2.19. The van der Waals surface area contributed by atoms with E-state index in [0.29, 0.717) is 12.8 Å². The zero-order valence-electron chi connectivity index (χ0n) is 9.57. The number of hydrogen-bond acceptors (Lipinski definition) is 2. The molecule has 4 nitrogen and oxygen atoms in total. The van der Waals surface area contributed by atoms with E-state index in [9.17, 15) is 9.59 Å². The highest BCUT2D eigenvalue weighted by atomic mass is 16.1. The normalized spacial score (nSPS) is 12.3. The largest absolute Gasteiger partial charge is 0.361 e. The quantitative estimate of drug-likeness (QED) is 0.763. The fourth-order valence-corrected chi connectivity index (χ4v) is 1.92. The van der Waals surface area contributed by atoms with Gasteiger partial charge >= 0.3 is 0 Å². The molecule has 1 unspecified atom stereocenters. The summed E-state index contributed by atoms with van der Waals surface area (Å²) in [7, 11) is 0. The number of amides is 1. The Bertz CT molecular complexity index is 545. The molecule has 2 rings (SSSR count). The molecule has 0 saturated carbocycles. The predicted molar refractivity (Wildman–Crippen MR) is 65.7 cm³/mol. The summed E-state index contributed by atoms with van der Waals surface area (Å²) in [4.78, 5) is 25.0. The lowest BCUT2D eigenvalue weighted by atomic mass is 10.0. The monoisotopic (exact) mass is 230 g/mol. The van der Waals surface area contributed by atoms with Gasteiger partial charge in [0.1, 0.15) is 0 Å². The minimum atomic E-state index is -0.452. The minimum absolute atomic E-state index is 0.0395. The Morgan fingerprint density at radius 1 is 1.47 bits per heavy atom. The van der Waals surface area contributed by atoms with Crippen molar-refractivity contribution >= 4 is 23.1 Å². The summed E-state index contributed by atoms with van der Waals surface area (Å²) in [6.45, 7) is 1.48. The van der Waals surface area contributed by atoms with Crippen molar-refractivity contribution in [3.63, 3.8) is 0 Å². The van der Waals surface area contributed by atoms with Gasteiger partial charge in [0.05, 0.1) is 6.04 Å². The molecular weight excluding hydrogens is 216 g/mol. The maximum atomic E-state index is 11.4. The first-order valence-electron chi connectivity index (χ1n) is 5.47. The first-order valence-corrected chi connectivity index (χ1v) is 5.47. The topological polar surface area (TPSA) is 62.0 Å². The van der Waals surface area contributed by atoms with Gasteiger partial charge in [0.2, 0.25) is 6.41 Å². The van der Waals surface area contributed by atoms with Crippen LogP contribution in [0, 0.1) is 0 Å². The molecular formula is C13H14N2O2. The number of Topliss-reactive ketones (excluding diaryl/α,β-unsaturated/α-hetero) is 1. The third-order valence-corrected chi connectivity index (χ3v) is 2.86. The third-order valence-electron chi connectivity index (χ3n) is 2.86. The summed E-state index contributed by atoms with van der Waals surface area (Å²) in [5.74, 6) is -0.0395. The van der Waals surface area contributed by atoms with Crippen LogP contribution in [0.4, 0.5) is 0 Å². The van der Waals surface area contributed by atoms with Crippen LogP contribution in [0.5, 0.6) is 0 Å². The van der Waals surface area contributed by atoms with Gasteiger partial charge in [-0.05, 0) is 18.6 Å². The van der Waals surface area contributed by atoms with Crippen molar-refractivity contribution in [2.45, 2.75) is 19.4 Å². The van der Waals surface area contributed by atoms with E-state index in [1.54, 1.807) is 0 Å². The standard InChI is InChI=1S/C13H14N2O2/c1-9(17)13(15-8-16)6-10-7-14-12-5-3-2-4-11(10)12/h2-5,7-8,13-14H,6H2,1H3,(H,15,16). The Balaban J connectivity index is 2.28. The molecule has 4 heteroatoms. The van der Waals surface area contributed by atoms with Crippen molar-refractivity contribution in [3.8, 4) is 0 Å². The van der Waals surface area contributed by atoms with Crippen LogP contribution in [-0.4, -0.2) is 23.2 Å². The van der Waals surface area contributed by atoms with Crippen LogP contribution in [0.1, 0.15) is 12.5 Å². The van der Waals surface area contributed by atoms with Crippen molar-refractivity contribution in [2.24, 2.45) is 0 Å². The molecule has 88 valence electrons. The van der Waals surface area contributed by atoms with Crippen LogP contribution in [-0.2, 0) is 16.0 Å². The van der Waals surface area contributed by atoms with E-state index in [2.05, 4.69) is 10.3 Å². The van der Waals surface area contributed by atoms with Gasteiger partial charge < -0.3 is 10.3 Å². The molecule has 2 N–H and O–H groups in total. The van der Waals surface area contributed by atoms with E-state index in [-0.39, 0.29) is 5.78 Å². The lowest BCUT2D eigenvalue weighted by molar-refractivity contribution is -0.121. The molecule has 2 aromatic rings. The van der Waals surface area contributed by atoms with Crippen LogP contribution in [0.2, 0.25) is 0 Å². The molecule has 1 heterocycles. The highest BCUT2D eigenvalue weighted by molar-refractivity contribution is 5.87. The lowest BCUT2D eigenvalue weighted by Gasteiger charge is -2.11. The number of ketones is 1. The van der Waals surface area contributed by atoms with Crippen molar-refractivity contribution in [1.82, 2.24) is 10.3 Å². The molecule has 0 aliphatic carbocycles. The van der Waals surface area contributed by atoms with E-state index < -0.39 is 6.04 Å². The van der Waals surface area contributed by atoms with Crippen molar-refractivity contribution < 1.29 is 9.59 Å². The van der Waals surface area contributed by atoms with Crippen LogP contribution >= 0.6 is 0 Å². The first kappa shape index (κ1) is 11.4. The van der Waals surface area contributed by atoms with E-state index in [1.807, 2.05) is 30.5 Å². The van der Waals surface area contributed by atoms with E-state index >= 15 is 0 Å². The predicted octanol–water partition coefficient (Wildman–Crippen LogP) is 1.41. The van der Waals surface area contributed by atoms with E-state index in [4.69, 9.17) is 0 Å². The van der Waals surface area contributed by atoms with E-state index in [0.717, 1.165) is 16.5 Å². The molecule has 1 atom stereocenters. The van der Waals surface area contributed by atoms with E-state index in [1.165, 1.54) is 6.92 Å². The fraction of sp³-hybridized carbons (Fsp3) is 0.231. The Morgan fingerprint density at radius 2 is 2.24 bits per heavy atom. The smallest absolute Gasteiger partial charge is 0.207 e. The van der Waals surface area contributed by atoms with Gasteiger partial charge in [-0.1, -0.05) is 18.2 Å². The second-order valence-electron chi connectivity index (χ2n) is 4.01.